The van der Waals surface area contributed by atoms with Gasteiger partial charge in [-0.15, -0.1) is 0 Å². The number of fused-ring (bicyclic) bond motifs is 1. The fourth-order valence-electron chi connectivity index (χ4n) is 0.904. The quantitative estimate of drug-likeness (QED) is 0.447. The lowest BCUT2D eigenvalue weighted by Gasteiger charge is -1.78. The second-order valence-corrected chi connectivity index (χ2v) is 5.38. The maximum absolute atomic E-state index is 5.47. The normalized spacial score (nSPS) is 10.4. The summed E-state index contributed by atoms with van der Waals surface area (Å²) in [5.41, 5.74) is 1.41. The number of oxazole rings is 1. The number of nitrogens with zero attached hydrogens (tertiary/aromatic N) is 2. The summed E-state index contributed by atoms with van der Waals surface area (Å²) in [4.78, 5) is 9.60. The van der Waals surface area contributed by atoms with Crippen LogP contribution in [-0.4, -0.2) is 14.8 Å². The third-order valence-corrected chi connectivity index (χ3v) is 3.84. The van der Waals surface area contributed by atoms with E-state index >= 15 is 0 Å². The van der Waals surface area contributed by atoms with Gasteiger partial charge in [0.1, 0.15) is 0 Å². The first-order valence-electron chi connectivity index (χ1n) is 4.12. The van der Waals surface area contributed by atoms with Crippen LogP contribution in [0.15, 0.2) is 28.0 Å². The van der Waals surface area contributed by atoms with Gasteiger partial charge in [0, 0.05) is 20.0 Å². The first-order valence-corrected chi connectivity index (χ1v) is 6.27. The minimum atomic E-state index is 0.657. The SMILES string of the molecule is CC(C)=[S+]Sc1nc2ncccc2o1. The second-order valence-electron chi connectivity index (χ2n) is 2.88. The van der Waals surface area contributed by atoms with Gasteiger partial charge in [0.25, 0.3) is 21.2 Å². The Morgan fingerprint density at radius 3 is 3.07 bits per heavy atom. The third-order valence-electron chi connectivity index (χ3n) is 1.42. The molecule has 0 unspecified atom stereocenters. The van der Waals surface area contributed by atoms with Crippen molar-refractivity contribution >= 4 is 37.3 Å². The molecule has 0 aliphatic heterocycles. The zero-order chi connectivity index (χ0) is 9.97. The number of pyridine rings is 1. The van der Waals surface area contributed by atoms with Crippen LogP contribution in [0.2, 0.25) is 0 Å². The lowest BCUT2D eigenvalue weighted by molar-refractivity contribution is 0.491. The predicted octanol–water partition coefficient (Wildman–Crippen LogP) is 2.52. The number of aromatic nitrogens is 2. The molecule has 0 aliphatic rings. The van der Waals surface area contributed by atoms with Gasteiger partial charge in [-0.1, -0.05) is 0 Å². The average molecular weight is 225 g/mol. The van der Waals surface area contributed by atoms with Gasteiger partial charge < -0.3 is 4.42 Å². The van der Waals surface area contributed by atoms with Gasteiger partial charge in [0.05, 0.1) is 0 Å². The molecule has 2 aromatic heterocycles. The summed E-state index contributed by atoms with van der Waals surface area (Å²) in [5, 5.41) is 0.657. The van der Waals surface area contributed by atoms with E-state index in [1.54, 1.807) is 16.6 Å². The second kappa shape index (κ2) is 4.06. The van der Waals surface area contributed by atoms with Crippen molar-refractivity contribution in [1.29, 1.82) is 0 Å². The number of hydrogen-bond donors (Lipinski definition) is 0. The molecule has 0 saturated carbocycles. The van der Waals surface area contributed by atoms with E-state index in [1.165, 1.54) is 15.7 Å². The molecule has 0 fully saturated rings. The average Bonchev–Trinajstić information content (AvgIpc) is 2.57. The third kappa shape index (κ3) is 2.10. The summed E-state index contributed by atoms with van der Waals surface area (Å²) in [6.07, 6.45) is 1.71. The molecule has 14 heavy (non-hydrogen) atoms. The molecule has 0 bridgehead atoms. The first-order chi connectivity index (χ1) is 6.75. The molecular weight excluding hydrogens is 216 g/mol. The van der Waals surface area contributed by atoms with Crippen LogP contribution in [-0.2, 0) is 10.4 Å². The molecule has 3 nitrogen and oxygen atoms in total. The first kappa shape index (κ1) is 9.61. The van der Waals surface area contributed by atoms with Crippen molar-refractivity contribution in [2.24, 2.45) is 0 Å². The summed E-state index contributed by atoms with van der Waals surface area (Å²) >= 11 is 0. The van der Waals surface area contributed by atoms with Crippen LogP contribution in [0.5, 0.6) is 0 Å². The zero-order valence-corrected chi connectivity index (χ0v) is 9.48. The van der Waals surface area contributed by atoms with E-state index in [4.69, 9.17) is 4.42 Å². The van der Waals surface area contributed by atoms with Gasteiger partial charge >= 0.3 is 5.22 Å². The molecule has 0 aromatic carbocycles. The zero-order valence-electron chi connectivity index (χ0n) is 7.85. The Hall–Kier alpha value is -0.940. The van der Waals surface area contributed by atoms with Gasteiger partial charge in [-0.2, -0.15) is 4.98 Å². The molecular formula is C9H9N2OS2+. The summed E-state index contributed by atoms with van der Waals surface area (Å²) in [6.45, 7) is 4.11. The van der Waals surface area contributed by atoms with Crippen LogP contribution in [0.4, 0.5) is 0 Å². The van der Waals surface area contributed by atoms with Gasteiger partial charge in [0.15, 0.2) is 16.1 Å². The van der Waals surface area contributed by atoms with E-state index in [0.29, 0.717) is 10.9 Å². The Kier molecular flexibility index (Phi) is 2.79. The van der Waals surface area contributed by atoms with Crippen LogP contribution in [0.1, 0.15) is 13.8 Å². The molecule has 0 N–H and O–H groups in total. The highest BCUT2D eigenvalue weighted by Gasteiger charge is 2.13. The molecule has 0 saturated heterocycles. The maximum atomic E-state index is 5.47. The minimum absolute atomic E-state index is 0.657. The highest BCUT2D eigenvalue weighted by Crippen LogP contribution is 2.21. The summed E-state index contributed by atoms with van der Waals surface area (Å²) in [7, 11) is 3.17. The Morgan fingerprint density at radius 2 is 2.36 bits per heavy atom. The topological polar surface area (TPSA) is 38.9 Å². The largest absolute Gasteiger partial charge is 0.426 e. The molecule has 2 aromatic rings. The van der Waals surface area contributed by atoms with Crippen LogP contribution in [0, 0.1) is 0 Å². The fraction of sp³-hybridized carbons (Fsp3) is 0.222. The molecule has 0 spiro atoms. The Bertz CT molecular complexity index is 441. The maximum Gasteiger partial charge on any atom is 0.321 e. The Labute approximate surface area is 89.3 Å². The van der Waals surface area contributed by atoms with Crippen molar-refractivity contribution in [2.45, 2.75) is 19.1 Å². The van der Waals surface area contributed by atoms with Crippen molar-refractivity contribution in [3.63, 3.8) is 0 Å². The van der Waals surface area contributed by atoms with Crippen molar-refractivity contribution in [3.05, 3.63) is 18.3 Å². The van der Waals surface area contributed by atoms with Crippen molar-refractivity contribution < 1.29 is 4.42 Å². The standard InChI is InChI=1S/C9H9N2OS2/c1-6(2)13-14-9-11-8-7(12-9)4-3-5-10-8/h3-5H,1-2H3/q+1. The minimum Gasteiger partial charge on any atom is -0.426 e. The van der Waals surface area contributed by atoms with Crippen molar-refractivity contribution in [2.75, 3.05) is 0 Å². The van der Waals surface area contributed by atoms with E-state index in [0.717, 1.165) is 5.58 Å². The lowest BCUT2D eigenvalue weighted by atomic mass is 10.5. The molecule has 2 heterocycles. The van der Waals surface area contributed by atoms with Gasteiger partial charge in [0.2, 0.25) is 0 Å². The van der Waals surface area contributed by atoms with Crippen LogP contribution in [0.3, 0.4) is 0 Å². The van der Waals surface area contributed by atoms with Crippen molar-refractivity contribution in [1.82, 2.24) is 9.97 Å². The summed E-state index contributed by atoms with van der Waals surface area (Å²) < 4.78 is 5.47. The Balaban J connectivity index is 2.31. The molecule has 72 valence electrons. The molecule has 2 rings (SSSR count). The van der Waals surface area contributed by atoms with E-state index < -0.39 is 0 Å². The van der Waals surface area contributed by atoms with Crippen LogP contribution >= 0.6 is 10.8 Å². The number of hydrogen-bond acceptors (Lipinski definition) is 4. The fourth-order valence-corrected chi connectivity index (χ4v) is 2.32. The highest BCUT2D eigenvalue weighted by molar-refractivity contribution is 8.65. The van der Waals surface area contributed by atoms with Crippen LogP contribution in [0.25, 0.3) is 11.2 Å². The smallest absolute Gasteiger partial charge is 0.321 e. The monoisotopic (exact) mass is 225 g/mol. The summed E-state index contributed by atoms with van der Waals surface area (Å²) in [6, 6.07) is 3.71. The summed E-state index contributed by atoms with van der Waals surface area (Å²) in [5.74, 6) is 0. The van der Waals surface area contributed by atoms with Crippen LogP contribution < -0.4 is 0 Å². The Morgan fingerprint density at radius 1 is 1.50 bits per heavy atom. The van der Waals surface area contributed by atoms with E-state index in [2.05, 4.69) is 23.8 Å². The lowest BCUT2D eigenvalue weighted by Crippen LogP contribution is -1.78. The highest BCUT2D eigenvalue weighted by atomic mass is 33.1. The van der Waals surface area contributed by atoms with Gasteiger partial charge in [-0.25, -0.2) is 4.98 Å². The number of rotatable bonds is 2. The molecule has 0 aliphatic carbocycles. The molecule has 0 amide bonds. The van der Waals surface area contributed by atoms with Gasteiger partial charge in [-0.3, -0.25) is 0 Å². The van der Waals surface area contributed by atoms with E-state index in [9.17, 15) is 0 Å². The van der Waals surface area contributed by atoms with E-state index in [-0.39, 0.29) is 0 Å². The van der Waals surface area contributed by atoms with Gasteiger partial charge in [-0.05, 0) is 12.1 Å². The van der Waals surface area contributed by atoms with Crippen molar-refractivity contribution in [3.8, 4) is 0 Å². The predicted molar refractivity (Wildman–Crippen MR) is 61.4 cm³/mol. The molecule has 0 radical (unpaired) electrons. The molecule has 0 atom stereocenters. The van der Waals surface area contributed by atoms with E-state index in [1.807, 2.05) is 12.1 Å². The molecule has 5 heteroatoms.